The largest absolute Gasteiger partial charge is 0.438 e. The minimum atomic E-state index is -0.280. The van der Waals surface area contributed by atoms with E-state index in [9.17, 15) is 4.79 Å². The molecule has 0 unspecified atom stereocenters. The zero-order valence-electron chi connectivity index (χ0n) is 9.55. The van der Waals surface area contributed by atoms with E-state index in [1.165, 1.54) is 7.05 Å². The number of hydrogen-bond donors (Lipinski definition) is 1. The maximum Gasteiger partial charge on any atom is 0.271 e. The molecule has 92 valence electrons. The van der Waals surface area contributed by atoms with E-state index in [1.54, 1.807) is 24.3 Å². The summed E-state index contributed by atoms with van der Waals surface area (Å²) in [6, 6.07) is 10.5. The molecule has 18 heavy (non-hydrogen) atoms. The van der Waals surface area contributed by atoms with Crippen molar-refractivity contribution in [2.45, 2.75) is 0 Å². The second-order valence-corrected chi connectivity index (χ2v) is 4.31. The first kappa shape index (κ1) is 12.5. The summed E-state index contributed by atoms with van der Waals surface area (Å²) < 4.78 is 6.44. The molecule has 0 radical (unpaired) electrons. The molecule has 0 atom stereocenters. The summed E-state index contributed by atoms with van der Waals surface area (Å²) in [5.74, 6) is 0.711. The van der Waals surface area contributed by atoms with E-state index in [2.05, 4.69) is 31.4 Å². The standard InChI is InChI=1S/C12H10BrN3O2/c1-14-12(17)10-6-7-11(16-15-10)18-9-4-2-8(13)3-5-9/h2-7H,1H3,(H,14,17). The molecule has 0 aliphatic rings. The Hall–Kier alpha value is -1.95. The average Bonchev–Trinajstić information content (AvgIpc) is 2.41. The number of aromatic nitrogens is 2. The lowest BCUT2D eigenvalue weighted by atomic mass is 10.3. The molecule has 6 heteroatoms. The fourth-order valence-corrected chi connectivity index (χ4v) is 1.51. The number of carbonyl (C=O) groups excluding carboxylic acids is 1. The molecule has 2 rings (SSSR count). The van der Waals surface area contributed by atoms with E-state index < -0.39 is 0 Å². The van der Waals surface area contributed by atoms with Gasteiger partial charge in [-0.05, 0) is 30.3 Å². The van der Waals surface area contributed by atoms with Crippen LogP contribution in [0.25, 0.3) is 0 Å². The third-order valence-corrected chi connectivity index (χ3v) is 2.66. The summed E-state index contributed by atoms with van der Waals surface area (Å²) in [6.45, 7) is 0. The van der Waals surface area contributed by atoms with Crippen molar-refractivity contribution in [3.8, 4) is 11.6 Å². The maximum absolute atomic E-state index is 11.3. The van der Waals surface area contributed by atoms with Gasteiger partial charge < -0.3 is 10.1 Å². The lowest BCUT2D eigenvalue weighted by molar-refractivity contribution is 0.0957. The van der Waals surface area contributed by atoms with Crippen LogP contribution < -0.4 is 10.1 Å². The Labute approximate surface area is 112 Å². The predicted molar refractivity (Wildman–Crippen MR) is 69.6 cm³/mol. The molecular formula is C12H10BrN3O2. The zero-order valence-corrected chi connectivity index (χ0v) is 11.1. The van der Waals surface area contributed by atoms with Gasteiger partial charge in [-0.1, -0.05) is 15.9 Å². The van der Waals surface area contributed by atoms with Crippen molar-refractivity contribution in [3.05, 3.63) is 46.6 Å². The lowest BCUT2D eigenvalue weighted by Gasteiger charge is -2.04. The number of benzene rings is 1. The van der Waals surface area contributed by atoms with Gasteiger partial charge in [0.2, 0.25) is 5.88 Å². The molecule has 0 fully saturated rings. The first-order chi connectivity index (χ1) is 8.69. The van der Waals surface area contributed by atoms with Crippen molar-refractivity contribution in [2.24, 2.45) is 0 Å². The Morgan fingerprint density at radius 3 is 2.44 bits per heavy atom. The van der Waals surface area contributed by atoms with E-state index in [1.807, 2.05) is 12.1 Å². The molecule has 1 N–H and O–H groups in total. The predicted octanol–water partition coefficient (Wildman–Crippen LogP) is 2.39. The van der Waals surface area contributed by atoms with E-state index in [0.29, 0.717) is 11.6 Å². The third-order valence-electron chi connectivity index (χ3n) is 2.14. The van der Waals surface area contributed by atoms with Crippen molar-refractivity contribution < 1.29 is 9.53 Å². The average molecular weight is 308 g/mol. The molecule has 1 amide bonds. The molecule has 0 spiro atoms. The molecule has 0 aliphatic carbocycles. The quantitative estimate of drug-likeness (QED) is 0.945. The van der Waals surface area contributed by atoms with Gasteiger partial charge in [0.1, 0.15) is 5.75 Å². The Morgan fingerprint density at radius 2 is 1.89 bits per heavy atom. The summed E-state index contributed by atoms with van der Waals surface area (Å²) in [5.41, 5.74) is 0.251. The monoisotopic (exact) mass is 307 g/mol. The van der Waals surface area contributed by atoms with Gasteiger partial charge in [0.25, 0.3) is 5.91 Å². The van der Waals surface area contributed by atoms with E-state index in [0.717, 1.165) is 4.47 Å². The molecular weight excluding hydrogens is 298 g/mol. The van der Waals surface area contributed by atoms with Crippen molar-refractivity contribution in [2.75, 3.05) is 7.05 Å². The SMILES string of the molecule is CNC(=O)c1ccc(Oc2ccc(Br)cc2)nn1. The van der Waals surface area contributed by atoms with Gasteiger partial charge in [0.05, 0.1) is 0 Å². The van der Waals surface area contributed by atoms with Gasteiger partial charge in [-0.25, -0.2) is 0 Å². The van der Waals surface area contributed by atoms with E-state index >= 15 is 0 Å². The molecule has 5 nitrogen and oxygen atoms in total. The van der Waals surface area contributed by atoms with Crippen LogP contribution in [0.5, 0.6) is 11.6 Å². The van der Waals surface area contributed by atoms with Gasteiger partial charge >= 0.3 is 0 Å². The number of nitrogens with one attached hydrogen (secondary N) is 1. The van der Waals surface area contributed by atoms with Crippen molar-refractivity contribution >= 4 is 21.8 Å². The second kappa shape index (κ2) is 5.59. The smallest absolute Gasteiger partial charge is 0.271 e. The highest BCUT2D eigenvalue weighted by Gasteiger charge is 2.06. The number of hydrogen-bond acceptors (Lipinski definition) is 4. The van der Waals surface area contributed by atoms with Crippen LogP contribution in [0.3, 0.4) is 0 Å². The van der Waals surface area contributed by atoms with Crippen LogP contribution in [-0.2, 0) is 0 Å². The van der Waals surface area contributed by atoms with Crippen molar-refractivity contribution in [3.63, 3.8) is 0 Å². The van der Waals surface area contributed by atoms with Gasteiger partial charge in [-0.2, -0.15) is 0 Å². The van der Waals surface area contributed by atoms with Crippen LogP contribution >= 0.6 is 15.9 Å². The molecule has 1 aromatic carbocycles. The summed E-state index contributed by atoms with van der Waals surface area (Å²) in [7, 11) is 1.54. The number of carbonyl (C=O) groups is 1. The van der Waals surface area contributed by atoms with Gasteiger partial charge in [0.15, 0.2) is 5.69 Å². The molecule has 2 aromatic rings. The van der Waals surface area contributed by atoms with Crippen LogP contribution in [0.1, 0.15) is 10.5 Å². The summed E-state index contributed by atoms with van der Waals surface area (Å²) >= 11 is 3.34. The number of ether oxygens (including phenoxy) is 1. The molecule has 0 aliphatic heterocycles. The molecule has 1 heterocycles. The molecule has 0 saturated carbocycles. The lowest BCUT2D eigenvalue weighted by Crippen LogP contribution is -2.19. The van der Waals surface area contributed by atoms with Gasteiger partial charge in [-0.15, -0.1) is 10.2 Å². The Balaban J connectivity index is 2.10. The highest BCUT2D eigenvalue weighted by molar-refractivity contribution is 9.10. The molecule has 0 bridgehead atoms. The fraction of sp³-hybridized carbons (Fsp3) is 0.0833. The topological polar surface area (TPSA) is 64.1 Å². The third kappa shape index (κ3) is 3.04. The minimum absolute atomic E-state index is 0.251. The Bertz CT molecular complexity index is 540. The second-order valence-electron chi connectivity index (χ2n) is 3.39. The normalized spacial score (nSPS) is 9.89. The summed E-state index contributed by atoms with van der Waals surface area (Å²) in [6.07, 6.45) is 0. The number of nitrogens with zero attached hydrogens (tertiary/aromatic N) is 2. The summed E-state index contributed by atoms with van der Waals surface area (Å²) in [4.78, 5) is 11.3. The van der Waals surface area contributed by atoms with Crippen LogP contribution in [-0.4, -0.2) is 23.2 Å². The van der Waals surface area contributed by atoms with Crippen LogP contribution in [0.2, 0.25) is 0 Å². The van der Waals surface area contributed by atoms with Crippen LogP contribution in [0.4, 0.5) is 0 Å². The van der Waals surface area contributed by atoms with Crippen LogP contribution in [0, 0.1) is 0 Å². The molecule has 1 aromatic heterocycles. The molecule has 0 saturated heterocycles. The zero-order chi connectivity index (χ0) is 13.0. The van der Waals surface area contributed by atoms with E-state index in [4.69, 9.17) is 4.74 Å². The van der Waals surface area contributed by atoms with Gasteiger partial charge in [-0.3, -0.25) is 4.79 Å². The number of halogens is 1. The first-order valence-corrected chi connectivity index (χ1v) is 5.97. The van der Waals surface area contributed by atoms with Crippen LogP contribution in [0.15, 0.2) is 40.9 Å². The summed E-state index contributed by atoms with van der Waals surface area (Å²) in [5, 5.41) is 10.1. The Kier molecular flexibility index (Phi) is 3.88. The highest BCUT2D eigenvalue weighted by atomic mass is 79.9. The number of amides is 1. The fourth-order valence-electron chi connectivity index (χ4n) is 1.25. The first-order valence-electron chi connectivity index (χ1n) is 5.18. The number of rotatable bonds is 3. The highest BCUT2D eigenvalue weighted by Crippen LogP contribution is 2.21. The van der Waals surface area contributed by atoms with Crippen molar-refractivity contribution in [1.29, 1.82) is 0 Å². The maximum atomic E-state index is 11.3. The Morgan fingerprint density at radius 1 is 1.17 bits per heavy atom. The van der Waals surface area contributed by atoms with E-state index in [-0.39, 0.29) is 11.6 Å². The minimum Gasteiger partial charge on any atom is -0.438 e. The van der Waals surface area contributed by atoms with Gasteiger partial charge in [0, 0.05) is 17.6 Å². The van der Waals surface area contributed by atoms with Crippen molar-refractivity contribution in [1.82, 2.24) is 15.5 Å².